The zero-order valence-corrected chi connectivity index (χ0v) is 13.9. The lowest BCUT2D eigenvalue weighted by Gasteiger charge is -2.39. The molecule has 0 aromatic heterocycles. The normalized spacial score (nSPS) is 37.5. The Morgan fingerprint density at radius 3 is 2.87 bits per heavy atom. The van der Waals surface area contributed by atoms with Crippen molar-refractivity contribution in [3.05, 3.63) is 47.0 Å². The molecule has 2 fully saturated rings. The van der Waals surface area contributed by atoms with E-state index in [1.165, 1.54) is 17.5 Å². The monoisotopic (exact) mass is 307 g/mol. The summed E-state index contributed by atoms with van der Waals surface area (Å²) in [7, 11) is 0. The van der Waals surface area contributed by atoms with Crippen molar-refractivity contribution in [3.63, 3.8) is 0 Å². The second-order valence-corrected chi connectivity index (χ2v) is 8.43. The molecule has 1 aliphatic heterocycles. The largest absolute Gasteiger partial charge is 0.338 e. The Kier molecular flexibility index (Phi) is 2.84. The minimum Gasteiger partial charge on any atom is -0.338 e. The maximum Gasteiger partial charge on any atom is 0.229 e. The van der Waals surface area contributed by atoms with Crippen molar-refractivity contribution >= 4 is 5.91 Å². The average molecular weight is 307 g/mol. The van der Waals surface area contributed by atoms with E-state index >= 15 is 0 Å². The predicted molar refractivity (Wildman–Crippen MR) is 90.7 cm³/mol. The van der Waals surface area contributed by atoms with E-state index in [-0.39, 0.29) is 5.41 Å². The molecule has 2 bridgehead atoms. The molecule has 1 aromatic rings. The van der Waals surface area contributed by atoms with Gasteiger partial charge < -0.3 is 4.90 Å². The Bertz CT molecular complexity index is 706. The molecule has 2 saturated carbocycles. The van der Waals surface area contributed by atoms with Gasteiger partial charge in [-0.05, 0) is 61.0 Å². The molecule has 4 atom stereocenters. The third-order valence-electron chi connectivity index (χ3n) is 6.89. The second-order valence-electron chi connectivity index (χ2n) is 8.43. The van der Waals surface area contributed by atoms with Crippen molar-refractivity contribution in [2.45, 2.75) is 45.6 Å². The smallest absolute Gasteiger partial charge is 0.229 e. The number of fused-ring (bicyclic) bond motifs is 2. The Labute approximate surface area is 138 Å². The summed E-state index contributed by atoms with van der Waals surface area (Å²) in [4.78, 5) is 15.7. The van der Waals surface area contributed by atoms with Crippen LogP contribution in [0.2, 0.25) is 0 Å². The van der Waals surface area contributed by atoms with Crippen LogP contribution >= 0.6 is 0 Å². The highest BCUT2D eigenvalue weighted by atomic mass is 16.2. The molecule has 0 spiro atoms. The summed E-state index contributed by atoms with van der Waals surface area (Å²) in [6, 6.07) is 8.63. The van der Waals surface area contributed by atoms with Crippen molar-refractivity contribution in [2.24, 2.45) is 23.2 Å². The lowest BCUT2D eigenvalue weighted by Crippen LogP contribution is -2.45. The lowest BCUT2D eigenvalue weighted by molar-refractivity contribution is -0.144. The van der Waals surface area contributed by atoms with E-state index in [1.54, 1.807) is 5.57 Å². The summed E-state index contributed by atoms with van der Waals surface area (Å²) in [6.07, 6.45) is 8.12. The molecule has 4 aliphatic rings. The Hall–Kier alpha value is -1.57. The highest BCUT2D eigenvalue weighted by molar-refractivity contribution is 5.84. The van der Waals surface area contributed by atoms with Crippen molar-refractivity contribution in [2.75, 3.05) is 6.54 Å². The molecule has 3 aliphatic carbocycles. The Balaban J connectivity index is 1.43. The fraction of sp³-hybridized carbons (Fsp3) is 0.571. The van der Waals surface area contributed by atoms with E-state index in [2.05, 4.69) is 42.2 Å². The highest BCUT2D eigenvalue weighted by Crippen LogP contribution is 2.63. The number of benzene rings is 1. The van der Waals surface area contributed by atoms with Crippen LogP contribution in [-0.4, -0.2) is 17.4 Å². The van der Waals surface area contributed by atoms with E-state index in [0.717, 1.165) is 50.6 Å². The second kappa shape index (κ2) is 4.72. The molecule has 0 radical (unpaired) electrons. The fourth-order valence-electron chi connectivity index (χ4n) is 5.92. The summed E-state index contributed by atoms with van der Waals surface area (Å²) in [5, 5.41) is 0. The summed E-state index contributed by atoms with van der Waals surface area (Å²) in [5.41, 5.74) is 4.39. The van der Waals surface area contributed by atoms with E-state index in [0.29, 0.717) is 11.8 Å². The quantitative estimate of drug-likeness (QED) is 0.719. The van der Waals surface area contributed by atoms with Gasteiger partial charge in [-0.3, -0.25) is 4.79 Å². The van der Waals surface area contributed by atoms with Crippen molar-refractivity contribution in [1.82, 2.24) is 4.90 Å². The van der Waals surface area contributed by atoms with Crippen LogP contribution in [0, 0.1) is 23.2 Å². The van der Waals surface area contributed by atoms with Gasteiger partial charge in [0.2, 0.25) is 5.91 Å². The summed E-state index contributed by atoms with van der Waals surface area (Å²) >= 11 is 0. The van der Waals surface area contributed by atoms with Gasteiger partial charge in [0.25, 0.3) is 0 Å². The number of allylic oxidation sites excluding steroid dienone is 2. The van der Waals surface area contributed by atoms with Crippen molar-refractivity contribution < 1.29 is 4.79 Å². The fourth-order valence-corrected chi connectivity index (χ4v) is 5.92. The van der Waals surface area contributed by atoms with Gasteiger partial charge in [0.1, 0.15) is 0 Å². The zero-order valence-electron chi connectivity index (χ0n) is 13.9. The van der Waals surface area contributed by atoms with Gasteiger partial charge in [-0.25, -0.2) is 0 Å². The average Bonchev–Trinajstić information content (AvgIpc) is 2.78. The molecule has 2 nitrogen and oxygen atoms in total. The predicted octanol–water partition coefficient (Wildman–Crippen LogP) is 3.95. The molecule has 120 valence electrons. The molecule has 1 aromatic carbocycles. The van der Waals surface area contributed by atoms with Crippen LogP contribution in [0.5, 0.6) is 0 Å². The summed E-state index contributed by atoms with van der Waals surface area (Å²) in [5.74, 6) is 2.57. The van der Waals surface area contributed by atoms with Crippen LogP contribution in [0.25, 0.3) is 0 Å². The van der Waals surface area contributed by atoms with E-state index in [1.807, 2.05) is 0 Å². The number of hydrogen-bond donors (Lipinski definition) is 0. The molecule has 2 heteroatoms. The van der Waals surface area contributed by atoms with Gasteiger partial charge in [0, 0.05) is 13.1 Å². The molecule has 23 heavy (non-hydrogen) atoms. The number of nitrogens with zero attached hydrogens (tertiary/aromatic N) is 1. The minimum absolute atomic E-state index is 0.0597. The molecular formula is C21H25NO. The molecule has 5 rings (SSSR count). The number of carbonyl (C=O) groups excluding carboxylic acids is 1. The molecule has 4 unspecified atom stereocenters. The van der Waals surface area contributed by atoms with Crippen LogP contribution in [0.3, 0.4) is 0 Å². The summed E-state index contributed by atoms with van der Waals surface area (Å²) < 4.78 is 0. The number of carbonyl (C=O) groups is 1. The first-order chi connectivity index (χ1) is 11.1. The Morgan fingerprint density at radius 1 is 1.17 bits per heavy atom. The Morgan fingerprint density at radius 2 is 2.00 bits per heavy atom. The molecular weight excluding hydrogens is 282 g/mol. The third kappa shape index (κ3) is 1.96. The first kappa shape index (κ1) is 13.8. The maximum absolute atomic E-state index is 13.5. The SMILES string of the molecule is CC1C=C2CC3CC(C(=O)N4CCc5ccccc5C4)(C1)CC23. The minimum atomic E-state index is -0.0597. The number of amides is 1. The standard InChI is InChI=1S/C21H25NO/c1-14-8-17-9-18-11-21(10-14,12-19(17)18)20(23)22-7-6-15-4-2-3-5-16(15)13-22/h2-5,8,14,18-19H,6-7,9-13H2,1H3. The number of hydrogen-bond acceptors (Lipinski definition) is 1. The maximum atomic E-state index is 13.5. The molecule has 1 amide bonds. The molecule has 0 N–H and O–H groups in total. The molecule has 0 saturated heterocycles. The zero-order chi connectivity index (χ0) is 15.6. The van der Waals surface area contributed by atoms with Crippen LogP contribution in [0.15, 0.2) is 35.9 Å². The van der Waals surface area contributed by atoms with Crippen molar-refractivity contribution in [3.8, 4) is 0 Å². The van der Waals surface area contributed by atoms with E-state index in [4.69, 9.17) is 0 Å². The van der Waals surface area contributed by atoms with Crippen LogP contribution in [0.4, 0.5) is 0 Å². The number of rotatable bonds is 1. The van der Waals surface area contributed by atoms with Gasteiger partial charge in [-0.1, -0.05) is 42.8 Å². The van der Waals surface area contributed by atoms with Gasteiger partial charge in [-0.15, -0.1) is 0 Å². The van der Waals surface area contributed by atoms with Gasteiger partial charge >= 0.3 is 0 Å². The van der Waals surface area contributed by atoms with E-state index in [9.17, 15) is 4.79 Å². The van der Waals surface area contributed by atoms with E-state index < -0.39 is 0 Å². The highest BCUT2D eigenvalue weighted by Gasteiger charge is 2.57. The third-order valence-corrected chi connectivity index (χ3v) is 6.89. The van der Waals surface area contributed by atoms with Crippen LogP contribution in [0.1, 0.15) is 43.7 Å². The first-order valence-corrected chi connectivity index (χ1v) is 9.21. The van der Waals surface area contributed by atoms with Crippen molar-refractivity contribution in [1.29, 1.82) is 0 Å². The first-order valence-electron chi connectivity index (χ1n) is 9.21. The summed E-state index contributed by atoms with van der Waals surface area (Å²) in [6.45, 7) is 4.03. The van der Waals surface area contributed by atoms with Crippen LogP contribution < -0.4 is 0 Å². The van der Waals surface area contributed by atoms with Crippen LogP contribution in [-0.2, 0) is 17.8 Å². The topological polar surface area (TPSA) is 20.3 Å². The molecule has 1 heterocycles. The van der Waals surface area contributed by atoms with Gasteiger partial charge in [-0.2, -0.15) is 0 Å². The lowest BCUT2D eigenvalue weighted by atomic mass is 9.69. The van der Waals surface area contributed by atoms with Gasteiger partial charge in [0.05, 0.1) is 5.41 Å². The van der Waals surface area contributed by atoms with Gasteiger partial charge in [0.15, 0.2) is 0 Å².